The first kappa shape index (κ1) is 80.1. The zero-order valence-electron chi connectivity index (χ0n) is 60.5. The molecule has 0 fully saturated rings. The summed E-state index contributed by atoms with van der Waals surface area (Å²) in [5, 5.41) is 17.1. The van der Waals surface area contributed by atoms with Crippen LogP contribution in [0.3, 0.4) is 0 Å². The summed E-state index contributed by atoms with van der Waals surface area (Å²) < 4.78 is 49.4. The summed E-state index contributed by atoms with van der Waals surface area (Å²) in [4.78, 5) is 36.2. The Bertz CT molecular complexity index is 2720. The smallest absolute Gasteiger partial charge is 0.407 e. The summed E-state index contributed by atoms with van der Waals surface area (Å²) in [5.74, 6) is 0. The number of amides is 3. The highest BCUT2D eigenvalue weighted by atomic mass is 16.6. The number of nitrogens with one attached hydrogen (secondary N) is 3. The lowest BCUT2D eigenvalue weighted by Crippen LogP contribution is -2.27. The van der Waals surface area contributed by atoms with Gasteiger partial charge in [0.2, 0.25) is 0 Å². The van der Waals surface area contributed by atoms with E-state index < -0.39 is 18.3 Å². The second kappa shape index (κ2) is 39.0. The third-order valence-corrected chi connectivity index (χ3v) is 15.4. The molecule has 0 spiro atoms. The number of hydrogen-bond donors (Lipinski definition) is 4. The molecule has 0 saturated carbocycles. The number of aliphatic hydroxyl groups excluding tert-OH is 1. The minimum absolute atomic E-state index is 0.00857. The van der Waals surface area contributed by atoms with Gasteiger partial charge >= 0.3 is 18.3 Å². The monoisotopic (exact) mass is 1300 g/mol. The van der Waals surface area contributed by atoms with Crippen molar-refractivity contribution in [2.45, 2.75) is 216 Å². The van der Waals surface area contributed by atoms with E-state index in [1.165, 1.54) is 33.4 Å². The van der Waals surface area contributed by atoms with Gasteiger partial charge in [0.15, 0.2) is 0 Å². The number of carbonyl (C=O) groups is 3. The molecule has 5 aromatic rings. The second-order valence-corrected chi connectivity index (χ2v) is 30.2. The fraction of sp³-hybridized carbons (Fsp3) is 0.577. The van der Waals surface area contributed by atoms with Crippen LogP contribution in [0.25, 0.3) is 0 Å². The van der Waals surface area contributed by atoms with Gasteiger partial charge in [-0.1, -0.05) is 228 Å². The highest BCUT2D eigenvalue weighted by molar-refractivity contribution is 5.68. The van der Waals surface area contributed by atoms with Crippen LogP contribution in [0.2, 0.25) is 0 Å². The molecule has 0 unspecified atom stereocenters. The quantitative estimate of drug-likeness (QED) is 0.0644. The maximum atomic E-state index is 12.3. The van der Waals surface area contributed by atoms with E-state index in [1.54, 1.807) is 0 Å². The van der Waals surface area contributed by atoms with Crippen molar-refractivity contribution in [3.63, 3.8) is 0 Å². The standard InChI is InChI=1S/C35H54N2O4.C24H32O6.C19H31NO3/c1-32(2,3)26-16-24(17-27(20-26)33(4,5)6)22-36-30(38)40-14-13-15-41-31(39)37-23-25-18-28(34(7,8)9)21-29(19-25)35(10,11)12;1-2-22-4-3-21(1)17-27-13-9-25-11-15-29-19-23-5-7-24(8-6-23)20-30-16-12-26-10-14-28-18-22;1-18(2,3)15-10-14(11-16(12-15)19(4,5)6)13-20-17(22)23-9-7-8-21/h16-21H,13-15,22-23H2,1-12H3,(H,36,38)(H,37,39);1-8H,9-20H2;10-12,21H,7-9,13H2,1-6H3,(H,20,22). The molecule has 4 aliphatic rings. The SMILES string of the molecule is CC(C)(C)c1cc(CNC(=O)OCCCO)cc(C(C)(C)C)c1.CC(C)(C)c1cc(CNC(=O)OCCCOC(=O)NCc2cc(C(C)(C)C)cc(C(C)(C)C)c2)cc(C(C)(C)C)c1.c1cc2ccc1COCCOCCOCc1ccc(cc1)COCCOCCOC2. The summed E-state index contributed by atoms with van der Waals surface area (Å²) in [6.07, 6.45) is -0.539. The van der Waals surface area contributed by atoms with Crippen LogP contribution >= 0.6 is 0 Å². The topological polar surface area (TPSA) is 191 Å². The van der Waals surface area contributed by atoms with E-state index in [4.69, 9.17) is 47.7 Å². The molecule has 0 aliphatic carbocycles. The van der Waals surface area contributed by atoms with Gasteiger partial charge in [-0.15, -0.1) is 0 Å². The summed E-state index contributed by atoms with van der Waals surface area (Å²) in [6.45, 7) is 48.0. The fourth-order valence-electron chi connectivity index (χ4n) is 9.17. The molecule has 4 bridgehead atoms. The summed E-state index contributed by atoms with van der Waals surface area (Å²) in [5.41, 5.74) is 15.3. The molecule has 16 heteroatoms. The van der Waals surface area contributed by atoms with Crippen molar-refractivity contribution < 1.29 is 62.1 Å². The predicted molar refractivity (Wildman–Crippen MR) is 376 cm³/mol. The van der Waals surface area contributed by atoms with Crippen molar-refractivity contribution in [3.8, 4) is 0 Å². The van der Waals surface area contributed by atoms with Crippen LogP contribution in [0.4, 0.5) is 14.4 Å². The Labute approximate surface area is 564 Å². The van der Waals surface area contributed by atoms with Gasteiger partial charge in [-0.3, -0.25) is 0 Å². The molecule has 0 aromatic heterocycles. The van der Waals surface area contributed by atoms with Crippen LogP contribution < -0.4 is 16.0 Å². The third kappa shape index (κ3) is 32.4. The van der Waals surface area contributed by atoms with Crippen LogP contribution in [-0.2, 0) is 121 Å². The van der Waals surface area contributed by atoms with E-state index in [-0.39, 0.29) is 58.9 Å². The minimum Gasteiger partial charge on any atom is -0.449 e. The highest BCUT2D eigenvalue weighted by Crippen LogP contribution is 2.33. The van der Waals surface area contributed by atoms with Crippen LogP contribution in [-0.4, -0.2) is 103 Å². The zero-order chi connectivity index (χ0) is 69.6. The molecule has 4 aliphatic heterocycles. The predicted octanol–water partition coefficient (Wildman–Crippen LogP) is 15.8. The molecule has 522 valence electrons. The van der Waals surface area contributed by atoms with Gasteiger partial charge in [-0.25, -0.2) is 14.4 Å². The molecule has 3 amide bonds. The Morgan fingerprint density at radius 2 is 0.532 bits per heavy atom. The number of aliphatic hydroxyl groups is 1. The number of benzene rings is 5. The Balaban J connectivity index is 0.000000314. The number of ether oxygens (including phenoxy) is 9. The van der Waals surface area contributed by atoms with Crippen molar-refractivity contribution in [1.29, 1.82) is 0 Å². The van der Waals surface area contributed by atoms with Crippen LogP contribution in [0.15, 0.2) is 103 Å². The molecule has 5 aromatic carbocycles. The lowest BCUT2D eigenvalue weighted by atomic mass is 9.79. The van der Waals surface area contributed by atoms with Gasteiger partial charge in [0, 0.05) is 39.1 Å². The summed E-state index contributed by atoms with van der Waals surface area (Å²) in [6, 6.07) is 36.2. The normalized spacial score (nSPS) is 14.5. The third-order valence-electron chi connectivity index (χ3n) is 15.4. The molecule has 9 rings (SSSR count). The van der Waals surface area contributed by atoms with Gasteiger partial charge < -0.3 is 63.7 Å². The highest BCUT2D eigenvalue weighted by Gasteiger charge is 2.24. The second-order valence-electron chi connectivity index (χ2n) is 30.2. The van der Waals surface area contributed by atoms with Crippen molar-refractivity contribution in [2.75, 3.05) is 79.3 Å². The number of rotatable bonds is 13. The van der Waals surface area contributed by atoms with E-state index in [9.17, 15) is 14.4 Å². The van der Waals surface area contributed by atoms with Crippen molar-refractivity contribution in [3.05, 3.63) is 175 Å². The molecule has 4 heterocycles. The van der Waals surface area contributed by atoms with E-state index in [1.807, 2.05) is 0 Å². The van der Waals surface area contributed by atoms with Crippen LogP contribution in [0.1, 0.15) is 210 Å². The van der Waals surface area contributed by atoms with Crippen LogP contribution in [0, 0.1) is 0 Å². The van der Waals surface area contributed by atoms with Crippen LogP contribution in [0.5, 0.6) is 0 Å². The molecule has 4 N–H and O–H groups in total. The Morgan fingerprint density at radius 1 is 0.330 bits per heavy atom. The molecular formula is C78H117N3O13. The summed E-state index contributed by atoms with van der Waals surface area (Å²) in [7, 11) is 0. The molecule has 16 nitrogen and oxygen atoms in total. The lowest BCUT2D eigenvalue weighted by molar-refractivity contribution is 0.00623. The first-order valence-electron chi connectivity index (χ1n) is 33.5. The number of hydrogen-bond acceptors (Lipinski definition) is 13. The van der Waals surface area contributed by atoms with Crippen molar-refractivity contribution in [1.82, 2.24) is 16.0 Å². The molecule has 0 saturated heterocycles. The minimum atomic E-state index is -0.485. The average molecular weight is 1300 g/mol. The molecule has 0 radical (unpaired) electrons. The zero-order valence-corrected chi connectivity index (χ0v) is 60.5. The van der Waals surface area contributed by atoms with E-state index >= 15 is 0 Å². The van der Waals surface area contributed by atoms with Gasteiger partial charge in [0.05, 0.1) is 99.1 Å². The van der Waals surface area contributed by atoms with Crippen molar-refractivity contribution >= 4 is 18.3 Å². The fourth-order valence-corrected chi connectivity index (χ4v) is 9.17. The van der Waals surface area contributed by atoms with E-state index in [0.29, 0.717) is 112 Å². The van der Waals surface area contributed by atoms with Gasteiger partial charge in [0.1, 0.15) is 0 Å². The molecule has 0 atom stereocenters. The molecular weight excluding hydrogens is 1190 g/mol. The van der Waals surface area contributed by atoms with E-state index in [0.717, 1.165) is 38.9 Å². The van der Waals surface area contributed by atoms with Crippen molar-refractivity contribution in [2.24, 2.45) is 0 Å². The first-order chi connectivity index (χ1) is 44.1. The number of alkyl carbamates (subject to hydrolysis) is 3. The Morgan fingerprint density at radius 3 is 0.734 bits per heavy atom. The summed E-state index contributed by atoms with van der Waals surface area (Å²) >= 11 is 0. The lowest BCUT2D eigenvalue weighted by Gasteiger charge is -2.26. The van der Waals surface area contributed by atoms with Gasteiger partial charge in [0.25, 0.3) is 0 Å². The largest absolute Gasteiger partial charge is 0.449 e. The molecule has 94 heavy (non-hydrogen) atoms. The van der Waals surface area contributed by atoms with Gasteiger partial charge in [-0.05, 0) is 105 Å². The number of carbonyl (C=O) groups excluding carboxylic acids is 3. The average Bonchev–Trinajstić information content (AvgIpc) is 0.888. The Hall–Kier alpha value is -6.37. The maximum absolute atomic E-state index is 12.3. The first-order valence-corrected chi connectivity index (χ1v) is 33.5. The Kier molecular flexibility index (Phi) is 33.2. The van der Waals surface area contributed by atoms with E-state index in [2.05, 4.69) is 244 Å². The van der Waals surface area contributed by atoms with Gasteiger partial charge in [-0.2, -0.15) is 0 Å². The maximum Gasteiger partial charge on any atom is 0.407 e.